The van der Waals surface area contributed by atoms with Gasteiger partial charge in [-0.25, -0.2) is 9.78 Å². The monoisotopic (exact) mass is 455 g/mol. The molecule has 0 aliphatic heterocycles. The van der Waals surface area contributed by atoms with Gasteiger partial charge in [0.2, 0.25) is 6.10 Å². The molecule has 0 spiro atoms. The third-order valence-electron chi connectivity index (χ3n) is 3.86. The quantitative estimate of drug-likeness (QED) is 0.337. The van der Waals surface area contributed by atoms with Crippen LogP contribution in [-0.2, 0) is 9.53 Å². The van der Waals surface area contributed by atoms with Crippen LogP contribution in [0.1, 0.15) is 22.2 Å². The first-order valence-electron chi connectivity index (χ1n) is 8.37. The largest absolute Gasteiger partial charge is 0.443 e. The first kappa shape index (κ1) is 20.2. The number of halogens is 1. The zero-order valence-corrected chi connectivity index (χ0v) is 16.4. The molecule has 1 amide bonds. The van der Waals surface area contributed by atoms with Gasteiger partial charge in [-0.3, -0.25) is 14.9 Å². The molecule has 146 valence electrons. The van der Waals surface area contributed by atoms with Crippen LogP contribution in [0.4, 0.5) is 11.4 Å². The highest BCUT2D eigenvalue weighted by Gasteiger charge is 2.27. The van der Waals surface area contributed by atoms with E-state index in [0.717, 1.165) is 0 Å². The number of aromatic nitrogens is 1. The summed E-state index contributed by atoms with van der Waals surface area (Å²) in [6.45, 7) is 0. The predicted octanol–water partition coefficient (Wildman–Crippen LogP) is 4.29. The Hall–Kier alpha value is -3.59. The lowest BCUT2D eigenvalue weighted by Crippen LogP contribution is -2.26. The third kappa shape index (κ3) is 5.02. The van der Waals surface area contributed by atoms with Gasteiger partial charge in [-0.2, -0.15) is 0 Å². The smallest absolute Gasteiger partial charge is 0.358 e. The fourth-order valence-corrected chi connectivity index (χ4v) is 2.93. The number of carbonyl (C=O) groups is 2. The number of nitrogens with zero attached hydrogens (tertiary/aromatic N) is 2. The molecule has 3 aromatic rings. The summed E-state index contributed by atoms with van der Waals surface area (Å²) in [4.78, 5) is 39.6. The third-order valence-corrected chi connectivity index (χ3v) is 4.52. The molecule has 0 aliphatic carbocycles. The van der Waals surface area contributed by atoms with E-state index < -0.39 is 22.9 Å². The number of pyridine rings is 1. The van der Waals surface area contributed by atoms with Gasteiger partial charge >= 0.3 is 5.97 Å². The van der Waals surface area contributed by atoms with Gasteiger partial charge in [0.15, 0.2) is 0 Å². The Kier molecular flexibility index (Phi) is 6.30. The van der Waals surface area contributed by atoms with Crippen LogP contribution in [0.25, 0.3) is 0 Å². The maximum Gasteiger partial charge on any atom is 0.358 e. The summed E-state index contributed by atoms with van der Waals surface area (Å²) < 4.78 is 5.74. The summed E-state index contributed by atoms with van der Waals surface area (Å²) >= 11 is 3.20. The minimum absolute atomic E-state index is 0.0674. The van der Waals surface area contributed by atoms with Crippen LogP contribution in [0.15, 0.2) is 77.4 Å². The van der Waals surface area contributed by atoms with Crippen LogP contribution in [-0.4, -0.2) is 21.8 Å². The van der Waals surface area contributed by atoms with Crippen LogP contribution < -0.4 is 5.32 Å². The van der Waals surface area contributed by atoms with E-state index in [4.69, 9.17) is 4.74 Å². The number of amides is 1. The average molecular weight is 456 g/mol. The zero-order valence-electron chi connectivity index (χ0n) is 14.8. The van der Waals surface area contributed by atoms with E-state index in [9.17, 15) is 19.7 Å². The summed E-state index contributed by atoms with van der Waals surface area (Å²) in [5.74, 6) is -1.37. The minimum atomic E-state index is -1.24. The predicted molar refractivity (Wildman–Crippen MR) is 108 cm³/mol. The topological polar surface area (TPSA) is 111 Å². The van der Waals surface area contributed by atoms with Gasteiger partial charge in [-0.05, 0) is 34.1 Å². The molecule has 29 heavy (non-hydrogen) atoms. The lowest BCUT2D eigenvalue weighted by molar-refractivity contribution is -0.384. The van der Waals surface area contributed by atoms with Gasteiger partial charge in [0, 0.05) is 28.4 Å². The van der Waals surface area contributed by atoms with Crippen molar-refractivity contribution in [3.8, 4) is 0 Å². The van der Waals surface area contributed by atoms with Crippen LogP contribution in [0.3, 0.4) is 0 Å². The van der Waals surface area contributed by atoms with Gasteiger partial charge in [-0.15, -0.1) is 0 Å². The lowest BCUT2D eigenvalue weighted by atomic mass is 10.1. The summed E-state index contributed by atoms with van der Waals surface area (Å²) in [5, 5.41) is 13.5. The average Bonchev–Trinajstić information content (AvgIpc) is 2.74. The number of nitrogens with one attached hydrogen (secondary N) is 1. The molecule has 1 atom stereocenters. The molecule has 0 saturated heterocycles. The number of ether oxygens (including phenoxy) is 1. The minimum Gasteiger partial charge on any atom is -0.443 e. The van der Waals surface area contributed by atoms with Crippen LogP contribution in [0.2, 0.25) is 0 Å². The van der Waals surface area contributed by atoms with Crippen molar-refractivity contribution in [3.05, 3.63) is 98.8 Å². The van der Waals surface area contributed by atoms with Gasteiger partial charge in [0.25, 0.3) is 11.6 Å². The van der Waals surface area contributed by atoms with Crippen molar-refractivity contribution in [2.45, 2.75) is 6.10 Å². The Morgan fingerprint density at radius 1 is 1.07 bits per heavy atom. The molecular weight excluding hydrogens is 442 g/mol. The van der Waals surface area contributed by atoms with Crippen LogP contribution in [0.5, 0.6) is 0 Å². The standard InChI is InChI=1S/C20H14BrN3O5/c21-15-12-14(24(27)28)9-10-16(15)23-19(25)18(13-6-2-1-3-7-13)29-20(26)17-8-4-5-11-22-17/h1-12,18H,(H,23,25). The first-order chi connectivity index (χ1) is 14.0. The molecule has 1 unspecified atom stereocenters. The van der Waals surface area contributed by atoms with Gasteiger partial charge < -0.3 is 10.1 Å². The molecule has 1 aromatic heterocycles. The van der Waals surface area contributed by atoms with Crippen molar-refractivity contribution in [2.75, 3.05) is 5.32 Å². The number of rotatable bonds is 6. The number of carbonyl (C=O) groups excluding carboxylic acids is 2. The Balaban J connectivity index is 1.85. The fourth-order valence-electron chi connectivity index (χ4n) is 2.47. The lowest BCUT2D eigenvalue weighted by Gasteiger charge is -2.18. The van der Waals surface area contributed by atoms with Crippen LogP contribution in [0, 0.1) is 10.1 Å². The highest BCUT2D eigenvalue weighted by atomic mass is 79.9. The Morgan fingerprint density at radius 2 is 1.79 bits per heavy atom. The molecule has 1 N–H and O–H groups in total. The Morgan fingerprint density at radius 3 is 2.41 bits per heavy atom. The highest BCUT2D eigenvalue weighted by Crippen LogP contribution is 2.29. The van der Waals surface area contributed by atoms with Gasteiger partial charge in [0.1, 0.15) is 5.69 Å². The van der Waals surface area contributed by atoms with E-state index in [1.165, 1.54) is 30.5 Å². The Bertz CT molecular complexity index is 1040. The number of hydrogen-bond acceptors (Lipinski definition) is 6. The molecule has 0 radical (unpaired) electrons. The van der Waals surface area contributed by atoms with E-state index in [1.54, 1.807) is 42.5 Å². The van der Waals surface area contributed by atoms with Crippen molar-refractivity contribution in [2.24, 2.45) is 0 Å². The maximum absolute atomic E-state index is 12.9. The van der Waals surface area contributed by atoms with E-state index >= 15 is 0 Å². The zero-order chi connectivity index (χ0) is 20.8. The van der Waals surface area contributed by atoms with Crippen molar-refractivity contribution in [1.82, 2.24) is 4.98 Å². The van der Waals surface area contributed by atoms with E-state index in [-0.39, 0.29) is 11.4 Å². The molecule has 1 heterocycles. The molecule has 0 fully saturated rings. The Labute approximate surface area is 173 Å². The maximum atomic E-state index is 12.9. The second-order valence-corrected chi connectivity index (χ2v) is 6.68. The molecule has 0 aliphatic rings. The molecular formula is C20H14BrN3O5. The number of hydrogen-bond donors (Lipinski definition) is 1. The van der Waals surface area contributed by atoms with E-state index in [2.05, 4.69) is 26.2 Å². The summed E-state index contributed by atoms with van der Waals surface area (Å²) in [6, 6.07) is 17.2. The van der Waals surface area contributed by atoms with E-state index in [1.807, 2.05) is 0 Å². The first-order valence-corrected chi connectivity index (χ1v) is 9.17. The molecule has 8 nitrogen and oxygen atoms in total. The normalized spacial score (nSPS) is 11.3. The van der Waals surface area contributed by atoms with Gasteiger partial charge in [-0.1, -0.05) is 36.4 Å². The van der Waals surface area contributed by atoms with Crippen LogP contribution >= 0.6 is 15.9 Å². The second-order valence-electron chi connectivity index (χ2n) is 5.82. The van der Waals surface area contributed by atoms with Crippen molar-refractivity contribution < 1.29 is 19.2 Å². The number of nitro benzene ring substituents is 1. The summed E-state index contributed by atoms with van der Waals surface area (Å²) in [5.41, 5.74) is 0.705. The fraction of sp³-hybridized carbons (Fsp3) is 0.0500. The van der Waals surface area contributed by atoms with Gasteiger partial charge in [0.05, 0.1) is 10.6 Å². The number of anilines is 1. The number of non-ortho nitro benzene ring substituents is 1. The molecule has 0 bridgehead atoms. The van der Waals surface area contributed by atoms with Crippen molar-refractivity contribution >= 4 is 39.2 Å². The highest BCUT2D eigenvalue weighted by molar-refractivity contribution is 9.10. The summed E-state index contributed by atoms with van der Waals surface area (Å²) in [6.07, 6.45) is 0.204. The number of nitro groups is 1. The van der Waals surface area contributed by atoms with E-state index in [0.29, 0.717) is 15.7 Å². The number of esters is 1. The molecule has 3 rings (SSSR count). The summed E-state index contributed by atoms with van der Waals surface area (Å²) in [7, 11) is 0. The van der Waals surface area contributed by atoms with Crippen molar-refractivity contribution in [1.29, 1.82) is 0 Å². The molecule has 0 saturated carbocycles. The SMILES string of the molecule is O=C(OC(C(=O)Nc1ccc([N+](=O)[O-])cc1Br)c1ccccc1)c1ccccn1. The van der Waals surface area contributed by atoms with Crippen molar-refractivity contribution in [3.63, 3.8) is 0 Å². The molecule has 9 heteroatoms. The molecule has 2 aromatic carbocycles. The number of benzene rings is 2. The second kappa shape index (κ2) is 9.07.